The summed E-state index contributed by atoms with van der Waals surface area (Å²) in [6, 6.07) is 6.03. The van der Waals surface area contributed by atoms with Crippen LogP contribution in [0.1, 0.15) is 32.3 Å². The second kappa shape index (κ2) is 9.14. The summed E-state index contributed by atoms with van der Waals surface area (Å²) in [7, 11) is 0. The van der Waals surface area contributed by atoms with Crippen LogP contribution in [0.4, 0.5) is 11.4 Å². The number of carbonyl (C=O) groups is 3. The quantitative estimate of drug-likeness (QED) is 0.0825. The molecule has 3 aliphatic heterocycles. The number of rotatable bonds is 4. The number of nitro benzene ring substituents is 1. The van der Waals surface area contributed by atoms with E-state index in [4.69, 9.17) is 67.5 Å². The van der Waals surface area contributed by atoms with Gasteiger partial charge in [0.05, 0.1) is 42.2 Å². The van der Waals surface area contributed by atoms with E-state index < -0.39 is 40.4 Å². The second-order valence-corrected chi connectivity index (χ2v) is 10.5. The van der Waals surface area contributed by atoms with E-state index in [1.54, 1.807) is 18.2 Å². The Bertz CT molecular complexity index is 1630. The average Bonchev–Trinajstić information content (AvgIpc) is 3.47. The molecule has 2 atom stereocenters. The highest BCUT2D eigenvalue weighted by molar-refractivity contribution is 6.55. The van der Waals surface area contributed by atoms with Crippen LogP contribution in [0.5, 0.6) is 11.5 Å². The van der Waals surface area contributed by atoms with Gasteiger partial charge in [0.25, 0.3) is 23.4 Å². The monoisotopic (exact) mass is 627 g/mol. The summed E-state index contributed by atoms with van der Waals surface area (Å²) in [6.07, 6.45) is 0. The average molecular weight is 630 g/mol. The van der Waals surface area contributed by atoms with Crippen LogP contribution in [0.25, 0.3) is 0 Å². The molecule has 39 heavy (non-hydrogen) atoms. The summed E-state index contributed by atoms with van der Waals surface area (Å²) in [5.74, 6) is -1.83. The van der Waals surface area contributed by atoms with E-state index >= 15 is 0 Å². The predicted molar refractivity (Wildman–Crippen MR) is 142 cm³/mol. The van der Waals surface area contributed by atoms with Crippen LogP contribution in [-0.2, 0) is 4.79 Å². The molecule has 0 radical (unpaired) electrons. The van der Waals surface area contributed by atoms with Gasteiger partial charge in [0.2, 0.25) is 6.79 Å². The minimum Gasteiger partial charge on any atom is -0.454 e. The van der Waals surface area contributed by atoms with Crippen molar-refractivity contribution in [3.63, 3.8) is 0 Å². The van der Waals surface area contributed by atoms with Gasteiger partial charge < -0.3 is 9.47 Å². The van der Waals surface area contributed by atoms with E-state index in [1.165, 1.54) is 12.1 Å². The summed E-state index contributed by atoms with van der Waals surface area (Å²) in [5, 5.41) is 10.9. The molecule has 3 aromatic rings. The third-order valence-electron chi connectivity index (χ3n) is 6.61. The largest absolute Gasteiger partial charge is 0.454 e. The van der Waals surface area contributed by atoms with Gasteiger partial charge in [-0.15, -0.1) is 0 Å². The van der Waals surface area contributed by atoms with Crippen molar-refractivity contribution in [1.29, 1.82) is 0 Å². The zero-order valence-corrected chi connectivity index (χ0v) is 22.7. The number of carbonyl (C=O) groups excluding carboxylic acids is 3. The molecule has 0 saturated carbocycles. The fourth-order valence-electron chi connectivity index (χ4n) is 4.89. The molecule has 0 spiro atoms. The van der Waals surface area contributed by atoms with Gasteiger partial charge in [0.15, 0.2) is 11.5 Å². The molecule has 3 aromatic carbocycles. The summed E-state index contributed by atoms with van der Waals surface area (Å²) >= 11 is 30.7. The number of hydrogen-bond donors (Lipinski definition) is 0. The van der Waals surface area contributed by atoms with Crippen molar-refractivity contribution in [2.75, 3.05) is 11.7 Å². The molecule has 15 heteroatoms. The number of hydrogen-bond acceptors (Lipinski definition) is 7. The molecular formula is C24H10Cl5N3O7. The SMILES string of the molecule is O=C1c2c(Cl)c(Cl)c(Cl)c(Cl)c2C(=O)N1[C@H]1C(=O)N(c2ccc(Cl)cc2[N+](=O)[O-])[C@H]1c1ccc2c(c1)OCO2. The first-order chi connectivity index (χ1) is 18.5. The van der Waals surface area contributed by atoms with Gasteiger partial charge in [-0.25, -0.2) is 0 Å². The molecule has 198 valence electrons. The van der Waals surface area contributed by atoms with Crippen LogP contribution in [-0.4, -0.2) is 40.4 Å². The summed E-state index contributed by atoms with van der Waals surface area (Å²) in [5.41, 5.74) is -0.736. The normalized spacial score (nSPS) is 19.5. The Kier molecular flexibility index (Phi) is 6.09. The lowest BCUT2D eigenvalue weighted by molar-refractivity contribution is -0.384. The number of β-lactam (4-membered cyclic amide) rings is 1. The summed E-state index contributed by atoms with van der Waals surface area (Å²) in [4.78, 5) is 53.8. The Morgan fingerprint density at radius 3 is 2.00 bits per heavy atom. The molecule has 3 aliphatic rings. The Morgan fingerprint density at radius 2 is 1.38 bits per heavy atom. The van der Waals surface area contributed by atoms with E-state index in [0.29, 0.717) is 22.0 Å². The first-order valence-electron chi connectivity index (χ1n) is 10.9. The van der Waals surface area contributed by atoms with Crippen LogP contribution < -0.4 is 14.4 Å². The van der Waals surface area contributed by atoms with Crippen LogP contribution in [0, 0.1) is 10.1 Å². The Hall–Kier alpha value is -3.28. The predicted octanol–water partition coefficient (Wildman–Crippen LogP) is 6.34. The number of fused-ring (bicyclic) bond motifs is 2. The molecule has 1 saturated heterocycles. The number of ether oxygens (including phenoxy) is 2. The minimum absolute atomic E-state index is 0.0326. The lowest BCUT2D eigenvalue weighted by Gasteiger charge is -2.49. The first kappa shape index (κ1) is 26.0. The Labute approximate surface area is 243 Å². The maximum absolute atomic E-state index is 13.7. The topological polar surface area (TPSA) is 119 Å². The minimum atomic E-state index is -1.43. The van der Waals surface area contributed by atoms with Gasteiger partial charge in [0.1, 0.15) is 11.7 Å². The molecule has 0 aliphatic carbocycles. The van der Waals surface area contributed by atoms with Crippen LogP contribution in [0.3, 0.4) is 0 Å². The Morgan fingerprint density at radius 1 is 0.769 bits per heavy atom. The van der Waals surface area contributed by atoms with E-state index in [1.807, 2.05) is 0 Å². The fraction of sp³-hybridized carbons (Fsp3) is 0.125. The smallest absolute Gasteiger partial charge is 0.294 e. The highest BCUT2D eigenvalue weighted by atomic mass is 35.5. The lowest BCUT2D eigenvalue weighted by atomic mass is 9.86. The van der Waals surface area contributed by atoms with Gasteiger partial charge in [-0.1, -0.05) is 64.1 Å². The van der Waals surface area contributed by atoms with Gasteiger partial charge in [-0.05, 0) is 29.8 Å². The molecule has 10 nitrogen and oxygen atoms in total. The third-order valence-corrected chi connectivity index (χ3v) is 8.65. The van der Waals surface area contributed by atoms with Crippen molar-refractivity contribution < 1.29 is 28.8 Å². The van der Waals surface area contributed by atoms with E-state index in [9.17, 15) is 24.5 Å². The fourth-order valence-corrected chi connectivity index (χ4v) is 6.07. The number of halogens is 5. The summed E-state index contributed by atoms with van der Waals surface area (Å²) in [6.45, 7) is -0.0326. The van der Waals surface area contributed by atoms with Gasteiger partial charge >= 0.3 is 0 Å². The molecular weight excluding hydrogens is 620 g/mol. The van der Waals surface area contributed by atoms with E-state index in [0.717, 1.165) is 11.0 Å². The summed E-state index contributed by atoms with van der Waals surface area (Å²) < 4.78 is 10.8. The van der Waals surface area contributed by atoms with Crippen molar-refractivity contribution >= 4 is 87.1 Å². The molecule has 1 fully saturated rings. The van der Waals surface area contributed by atoms with Crippen molar-refractivity contribution in [2.45, 2.75) is 12.1 Å². The van der Waals surface area contributed by atoms with Crippen molar-refractivity contribution in [3.05, 3.63) is 88.3 Å². The number of benzene rings is 3. The number of nitro groups is 1. The molecule has 0 N–H and O–H groups in total. The van der Waals surface area contributed by atoms with Crippen molar-refractivity contribution in [3.8, 4) is 11.5 Å². The highest BCUT2D eigenvalue weighted by Gasteiger charge is 2.59. The van der Waals surface area contributed by atoms with Crippen LogP contribution in [0.2, 0.25) is 25.1 Å². The molecule has 0 aromatic heterocycles. The van der Waals surface area contributed by atoms with Crippen molar-refractivity contribution in [2.24, 2.45) is 0 Å². The maximum Gasteiger partial charge on any atom is 0.294 e. The highest BCUT2D eigenvalue weighted by Crippen LogP contribution is 2.51. The zero-order chi connectivity index (χ0) is 27.9. The van der Waals surface area contributed by atoms with Crippen LogP contribution in [0.15, 0.2) is 36.4 Å². The molecule has 3 heterocycles. The number of imide groups is 1. The van der Waals surface area contributed by atoms with Gasteiger partial charge in [0, 0.05) is 11.1 Å². The first-order valence-corrected chi connectivity index (χ1v) is 12.8. The molecule has 0 unspecified atom stereocenters. The Balaban J connectivity index is 1.51. The second-order valence-electron chi connectivity index (χ2n) is 8.59. The van der Waals surface area contributed by atoms with E-state index in [-0.39, 0.29) is 48.7 Å². The number of anilines is 1. The number of nitrogens with zero attached hydrogens (tertiary/aromatic N) is 3. The third kappa shape index (κ3) is 3.66. The zero-order valence-electron chi connectivity index (χ0n) is 18.9. The van der Waals surface area contributed by atoms with Crippen molar-refractivity contribution in [1.82, 2.24) is 4.90 Å². The number of amides is 3. The van der Waals surface area contributed by atoms with Gasteiger partial charge in [-0.2, -0.15) is 0 Å². The molecule has 6 rings (SSSR count). The van der Waals surface area contributed by atoms with Crippen LogP contribution >= 0.6 is 58.0 Å². The molecule has 3 amide bonds. The molecule has 0 bridgehead atoms. The van der Waals surface area contributed by atoms with E-state index in [2.05, 4.69) is 0 Å². The van der Waals surface area contributed by atoms with Gasteiger partial charge in [-0.3, -0.25) is 34.3 Å². The maximum atomic E-state index is 13.7. The lowest BCUT2D eigenvalue weighted by Crippen LogP contribution is -2.67. The standard InChI is InChI=1S/C24H10Cl5N3O7/c25-9-2-3-10(11(6-9)32(36)37)30-20(8-1-4-12-13(5-8)39-7-38-12)21(24(30)35)31-22(33)14-15(23(31)34)17(27)19(29)18(28)16(14)26/h1-6,20-21H,7H2/t20-,21+/m0/s1.